The molecule has 1 radical (unpaired) electrons. The Hall–Kier alpha value is -3.69. The predicted octanol–water partition coefficient (Wildman–Crippen LogP) is 5.60. The highest BCUT2D eigenvalue weighted by Gasteiger charge is 2.44. The molecular weight excluding hydrogens is 545 g/mol. The zero-order valence-electron chi connectivity index (χ0n) is 25.7. The zero-order valence-corrected chi connectivity index (χ0v) is 26.7. The van der Waals surface area contributed by atoms with Gasteiger partial charge in [0.2, 0.25) is 11.8 Å². The van der Waals surface area contributed by atoms with Crippen molar-refractivity contribution in [2.75, 3.05) is 23.3 Å². The number of nitriles is 1. The lowest BCUT2D eigenvalue weighted by atomic mass is 9.83. The predicted molar refractivity (Wildman–Crippen MR) is 167 cm³/mol. The van der Waals surface area contributed by atoms with E-state index in [1.54, 1.807) is 12.4 Å². The van der Waals surface area contributed by atoms with Gasteiger partial charge in [-0.25, -0.2) is 14.6 Å². The Morgan fingerprint density at radius 2 is 2.10 bits per heavy atom. The van der Waals surface area contributed by atoms with E-state index < -0.39 is 13.7 Å². The van der Waals surface area contributed by atoms with Crippen molar-refractivity contribution in [1.82, 2.24) is 19.7 Å². The minimum Gasteiger partial charge on any atom is -0.473 e. The van der Waals surface area contributed by atoms with Crippen LogP contribution in [0, 0.1) is 11.3 Å². The fraction of sp³-hybridized carbons (Fsp3) is 0.500. The molecule has 0 spiro atoms. The van der Waals surface area contributed by atoms with Gasteiger partial charge in [-0.05, 0) is 55.7 Å². The number of carbonyl (C=O) groups excluding carboxylic acids is 1. The second-order valence-corrected chi connectivity index (χ2v) is 18.1. The molecule has 0 amide bonds. The Labute approximate surface area is 249 Å². The summed E-state index contributed by atoms with van der Waals surface area (Å²) in [5, 5.41) is 18.0. The van der Waals surface area contributed by atoms with E-state index in [4.69, 9.17) is 14.1 Å². The van der Waals surface area contributed by atoms with Gasteiger partial charge in [0.25, 0.3) is 0 Å². The number of fused-ring (bicyclic) bond motifs is 2. The van der Waals surface area contributed by atoms with Gasteiger partial charge in [0.05, 0.1) is 29.6 Å². The minimum atomic E-state index is -2.05. The van der Waals surface area contributed by atoms with Crippen molar-refractivity contribution in [3.8, 4) is 23.2 Å². The number of carbonyl (C=O) groups is 1. The summed E-state index contributed by atoms with van der Waals surface area (Å²) >= 11 is 0. The topological polar surface area (TPSA) is 118 Å². The minimum absolute atomic E-state index is 0.0551. The maximum Gasteiger partial charge on any atom is 0.329 e. The molecule has 2 aromatic heterocycles. The molecule has 0 fully saturated rings. The number of ether oxygens (including phenoxy) is 1. The van der Waals surface area contributed by atoms with Crippen LogP contribution < -0.4 is 14.9 Å². The van der Waals surface area contributed by atoms with Gasteiger partial charge in [0, 0.05) is 42.4 Å². The highest BCUT2D eigenvalue weighted by molar-refractivity contribution is 6.74. The van der Waals surface area contributed by atoms with Crippen LogP contribution in [0.5, 0.6) is 5.88 Å². The number of hydrogen-bond donors (Lipinski definition) is 1. The number of anilines is 3. The van der Waals surface area contributed by atoms with Gasteiger partial charge in [0.15, 0.2) is 8.32 Å². The second-order valence-electron chi connectivity index (χ2n) is 13.3. The third-order valence-corrected chi connectivity index (χ3v) is 13.3. The van der Waals surface area contributed by atoms with Crippen LogP contribution in [-0.2, 0) is 14.6 Å². The standard InChI is InChI=1S/C30H39BN7O3Si/c1-19-11-20(2)41-27-25(15-34-38(19)27)36-28-33-10-9-24(35-28)21-12-22(14-32)26-23(13-21)30(6,16-37(26)31-18-39)17-40-42(7,8)29(3,4)5/h9-10,12-13,15,18-20H,11,16-17H2,1-8H3,(H,33,35,36). The van der Waals surface area contributed by atoms with E-state index in [1.807, 2.05) is 28.5 Å². The SMILES string of the molecule is CC1CC(C)n2ncc(Nc3nccc(-c4cc(C#N)c5c(c4)C(C)(CO[Si](C)(C)C(C)(C)C)CN5[B]C=O)n3)c2O1. The van der Waals surface area contributed by atoms with Crippen LogP contribution in [0.2, 0.25) is 18.1 Å². The smallest absolute Gasteiger partial charge is 0.329 e. The molecule has 12 heteroatoms. The first-order valence-electron chi connectivity index (χ1n) is 14.4. The zero-order chi connectivity index (χ0) is 30.4. The van der Waals surface area contributed by atoms with Crippen LogP contribution in [0.4, 0.5) is 17.3 Å². The quantitative estimate of drug-likeness (QED) is 0.267. The Kier molecular flexibility index (Phi) is 7.70. The molecule has 1 N–H and O–H groups in total. The molecule has 42 heavy (non-hydrogen) atoms. The Balaban J connectivity index is 1.51. The molecule has 5 rings (SSSR count). The molecule has 219 valence electrons. The van der Waals surface area contributed by atoms with Crippen LogP contribution >= 0.6 is 0 Å². The molecule has 2 aliphatic rings. The van der Waals surface area contributed by atoms with E-state index >= 15 is 0 Å². The summed E-state index contributed by atoms with van der Waals surface area (Å²) in [6.07, 6.45) is 5.16. The Morgan fingerprint density at radius 3 is 2.79 bits per heavy atom. The molecule has 1 aromatic carbocycles. The number of nitrogens with one attached hydrogen (secondary N) is 1. The Morgan fingerprint density at radius 1 is 1.33 bits per heavy atom. The molecule has 3 unspecified atom stereocenters. The van der Waals surface area contributed by atoms with Crippen molar-refractivity contribution in [3.63, 3.8) is 0 Å². The molecule has 0 saturated heterocycles. The van der Waals surface area contributed by atoms with Crippen LogP contribution in [0.1, 0.15) is 65.1 Å². The highest BCUT2D eigenvalue weighted by Crippen LogP contribution is 2.46. The van der Waals surface area contributed by atoms with Crippen molar-refractivity contribution in [2.24, 2.45) is 0 Å². The lowest BCUT2D eigenvalue weighted by Gasteiger charge is -2.39. The molecule has 0 aliphatic carbocycles. The number of hydrogen-bond acceptors (Lipinski definition) is 9. The fourth-order valence-corrected chi connectivity index (χ4v) is 6.56. The van der Waals surface area contributed by atoms with E-state index in [2.05, 4.69) is 75.2 Å². The summed E-state index contributed by atoms with van der Waals surface area (Å²) in [4.78, 5) is 22.7. The third-order valence-electron chi connectivity index (χ3n) is 8.84. The van der Waals surface area contributed by atoms with Crippen molar-refractivity contribution >= 4 is 39.2 Å². The summed E-state index contributed by atoms with van der Waals surface area (Å²) in [6.45, 7) is 18.5. The van der Waals surface area contributed by atoms with Gasteiger partial charge >= 0.3 is 7.41 Å². The molecule has 10 nitrogen and oxygen atoms in total. The molecule has 2 aliphatic heterocycles. The molecule has 3 aromatic rings. The molecule has 0 bridgehead atoms. The molecular formula is C30H39BN7O3Si. The summed E-state index contributed by atoms with van der Waals surface area (Å²) in [6, 6.07) is 8.31. The highest BCUT2D eigenvalue weighted by atomic mass is 28.4. The van der Waals surface area contributed by atoms with Gasteiger partial charge in [0.1, 0.15) is 17.9 Å². The average Bonchev–Trinajstić information content (AvgIpc) is 3.45. The van der Waals surface area contributed by atoms with Crippen LogP contribution in [0.15, 0.2) is 30.6 Å². The lowest BCUT2D eigenvalue weighted by Crippen LogP contribution is -2.46. The first-order valence-corrected chi connectivity index (χ1v) is 17.3. The normalized spacial score (nSPS) is 21.6. The van der Waals surface area contributed by atoms with Gasteiger partial charge < -0.3 is 24.1 Å². The maximum atomic E-state index is 11.6. The first kappa shape index (κ1) is 29.8. The second kappa shape index (κ2) is 10.9. The van der Waals surface area contributed by atoms with E-state index in [0.717, 1.165) is 29.4 Å². The monoisotopic (exact) mass is 584 g/mol. The summed E-state index contributed by atoms with van der Waals surface area (Å²) in [5.41, 5.74) is 3.90. The van der Waals surface area contributed by atoms with Crippen molar-refractivity contribution in [3.05, 3.63) is 41.7 Å². The summed E-state index contributed by atoms with van der Waals surface area (Å²) in [5.74, 6) is 1.07. The first-order chi connectivity index (χ1) is 19.8. The number of rotatable bonds is 8. The van der Waals surface area contributed by atoms with E-state index in [-0.39, 0.29) is 17.2 Å². The maximum absolute atomic E-state index is 11.6. The molecule has 4 heterocycles. The van der Waals surface area contributed by atoms with Crippen molar-refractivity contribution < 1.29 is 14.0 Å². The van der Waals surface area contributed by atoms with Crippen LogP contribution in [0.25, 0.3) is 11.3 Å². The molecule has 0 saturated carbocycles. The summed E-state index contributed by atoms with van der Waals surface area (Å²) < 4.78 is 14.6. The van der Waals surface area contributed by atoms with Gasteiger partial charge in [-0.1, -0.05) is 27.7 Å². The summed E-state index contributed by atoms with van der Waals surface area (Å²) in [7, 11) is -0.548. The third kappa shape index (κ3) is 5.43. The van der Waals surface area contributed by atoms with Crippen LogP contribution in [-0.4, -0.2) is 60.9 Å². The van der Waals surface area contributed by atoms with Gasteiger partial charge in [-0.2, -0.15) is 10.4 Å². The van der Waals surface area contributed by atoms with Gasteiger partial charge in [-0.15, -0.1) is 0 Å². The largest absolute Gasteiger partial charge is 0.473 e. The van der Waals surface area contributed by atoms with Crippen molar-refractivity contribution in [1.29, 1.82) is 5.26 Å². The van der Waals surface area contributed by atoms with E-state index in [1.165, 1.54) is 7.41 Å². The fourth-order valence-electron chi connectivity index (χ4n) is 5.44. The number of aromatic nitrogens is 4. The Bertz CT molecular complexity index is 1550. The van der Waals surface area contributed by atoms with E-state index in [0.29, 0.717) is 41.9 Å². The average molecular weight is 585 g/mol. The van der Waals surface area contributed by atoms with Crippen LogP contribution in [0.3, 0.4) is 0 Å². The number of benzene rings is 1. The lowest BCUT2D eigenvalue weighted by molar-refractivity contribution is 0.128. The van der Waals surface area contributed by atoms with Gasteiger partial charge in [-0.3, -0.25) is 0 Å². The van der Waals surface area contributed by atoms with Crippen molar-refractivity contribution in [2.45, 2.75) is 83.7 Å². The number of nitrogens with zero attached hydrogens (tertiary/aromatic N) is 6. The molecule has 3 atom stereocenters. The van der Waals surface area contributed by atoms with E-state index in [9.17, 15) is 10.1 Å².